The van der Waals surface area contributed by atoms with Crippen LogP contribution in [-0.4, -0.2) is 39.4 Å². The fourth-order valence-electron chi connectivity index (χ4n) is 1.88. The number of aromatic nitrogens is 6. The van der Waals surface area contributed by atoms with E-state index in [0.717, 1.165) is 9.36 Å². The van der Waals surface area contributed by atoms with Gasteiger partial charge in [0.2, 0.25) is 8.13 Å². The number of hydrogen-bond acceptors (Lipinski definition) is 5. The van der Waals surface area contributed by atoms with Gasteiger partial charge >= 0.3 is 6.03 Å². The molecule has 3 rings (SSSR count). The first-order chi connectivity index (χ1) is 11.7. The molecule has 0 aliphatic heterocycles. The van der Waals surface area contributed by atoms with Gasteiger partial charge in [0.1, 0.15) is 12.7 Å². The maximum atomic E-state index is 12.6. The van der Waals surface area contributed by atoms with E-state index in [1.54, 1.807) is 30.3 Å². The van der Waals surface area contributed by atoms with Crippen LogP contribution in [0.5, 0.6) is 0 Å². The molecule has 2 aromatic heterocycles. The second-order valence-corrected chi connectivity index (χ2v) is 8.34. The van der Waals surface area contributed by atoms with E-state index in [0.29, 0.717) is 5.56 Å². The van der Waals surface area contributed by atoms with Gasteiger partial charge in [0.25, 0.3) is 0 Å². The zero-order chi connectivity index (χ0) is 18.2. The molecule has 0 bridgehead atoms. The molecule has 0 aliphatic carbocycles. The van der Waals surface area contributed by atoms with Crippen LogP contribution in [-0.2, 0) is 4.33 Å². The van der Waals surface area contributed by atoms with Crippen LogP contribution in [0.1, 0.15) is 5.82 Å². The number of alkyl halides is 5. The van der Waals surface area contributed by atoms with E-state index >= 15 is 0 Å². The third-order valence-corrected chi connectivity index (χ3v) is 5.41. The van der Waals surface area contributed by atoms with Crippen molar-refractivity contribution in [2.75, 3.05) is 0 Å². The highest BCUT2D eigenvalue weighted by molar-refractivity contribution is 6.75. The average molecular weight is 441 g/mol. The normalized spacial score (nSPS) is 12.4. The first kappa shape index (κ1) is 18.4. The topological polar surface area (TPSA) is 78.5 Å². The van der Waals surface area contributed by atoms with Gasteiger partial charge in [0.05, 0.1) is 0 Å². The molecule has 0 aliphatic rings. The fourth-order valence-corrected chi connectivity index (χ4v) is 2.30. The van der Waals surface area contributed by atoms with Gasteiger partial charge in [-0.2, -0.15) is 14.5 Å². The maximum Gasteiger partial charge on any atom is 0.372 e. The summed E-state index contributed by atoms with van der Waals surface area (Å²) >= 11 is 29.7. The lowest BCUT2D eigenvalue weighted by atomic mass is 10.2. The summed E-state index contributed by atoms with van der Waals surface area (Å²) in [4.78, 5) is 20.5. The molecule has 130 valence electrons. The third kappa shape index (κ3) is 3.47. The standard InChI is InChI=1S/C13H7Cl5N6O/c14-12(15,13(16,17)18)10-21-9(8-4-2-1-3-5-8)24(22-10)11(25)23-7-19-6-20-23/h1-7H. The quantitative estimate of drug-likeness (QED) is 0.562. The summed E-state index contributed by atoms with van der Waals surface area (Å²) in [6.07, 6.45) is 2.41. The van der Waals surface area contributed by atoms with E-state index in [-0.39, 0.29) is 11.6 Å². The number of nitrogens with zero attached hydrogens (tertiary/aromatic N) is 6. The summed E-state index contributed by atoms with van der Waals surface area (Å²) in [7, 11) is 0. The first-order valence-corrected chi connectivity index (χ1v) is 8.47. The number of halogens is 5. The van der Waals surface area contributed by atoms with E-state index in [1.165, 1.54) is 12.7 Å². The van der Waals surface area contributed by atoms with Crippen molar-refractivity contribution in [2.45, 2.75) is 8.13 Å². The fraction of sp³-hybridized carbons (Fsp3) is 0.154. The Morgan fingerprint density at radius 2 is 1.72 bits per heavy atom. The summed E-state index contributed by atoms with van der Waals surface area (Å²) in [5, 5.41) is 7.80. The monoisotopic (exact) mass is 438 g/mol. The molecule has 0 fully saturated rings. The molecule has 0 saturated heterocycles. The summed E-state index contributed by atoms with van der Waals surface area (Å²) in [6, 6.07) is 8.11. The third-order valence-electron chi connectivity index (χ3n) is 3.07. The molecule has 2 heterocycles. The molecule has 12 heteroatoms. The number of benzene rings is 1. The van der Waals surface area contributed by atoms with Crippen LogP contribution in [0, 0.1) is 0 Å². The predicted octanol–water partition coefficient (Wildman–Crippen LogP) is 4.05. The molecule has 0 radical (unpaired) electrons. The largest absolute Gasteiger partial charge is 0.372 e. The molecule has 0 saturated carbocycles. The molecule has 0 unspecified atom stereocenters. The Hall–Kier alpha value is -1.38. The minimum Gasteiger partial charge on any atom is -0.243 e. The van der Waals surface area contributed by atoms with Gasteiger partial charge in [-0.3, -0.25) is 0 Å². The highest BCUT2D eigenvalue weighted by Crippen LogP contribution is 2.52. The Kier molecular flexibility index (Phi) is 4.96. The van der Waals surface area contributed by atoms with E-state index in [1.807, 2.05) is 0 Å². The van der Waals surface area contributed by atoms with Crippen LogP contribution in [0.2, 0.25) is 0 Å². The average Bonchev–Trinajstić information content (AvgIpc) is 3.24. The van der Waals surface area contributed by atoms with Crippen molar-refractivity contribution in [1.82, 2.24) is 29.5 Å². The van der Waals surface area contributed by atoms with Crippen LogP contribution < -0.4 is 0 Å². The number of carbonyl (C=O) groups excluding carboxylic acids is 1. The number of carbonyl (C=O) groups is 1. The van der Waals surface area contributed by atoms with Crippen molar-refractivity contribution < 1.29 is 4.79 Å². The Bertz CT molecular complexity index is 888. The molecule has 1 aromatic carbocycles. The molecule has 25 heavy (non-hydrogen) atoms. The zero-order valence-corrected chi connectivity index (χ0v) is 15.8. The van der Waals surface area contributed by atoms with Gasteiger partial charge in [-0.15, -0.1) is 5.10 Å². The van der Waals surface area contributed by atoms with Gasteiger partial charge in [0.15, 0.2) is 11.6 Å². The summed E-state index contributed by atoms with van der Waals surface area (Å²) in [6.45, 7) is 0. The molecule has 0 spiro atoms. The molecule has 0 N–H and O–H groups in total. The maximum absolute atomic E-state index is 12.6. The zero-order valence-electron chi connectivity index (χ0n) is 12.0. The number of hydrogen-bond donors (Lipinski definition) is 0. The lowest BCUT2D eigenvalue weighted by Crippen LogP contribution is -2.30. The van der Waals surface area contributed by atoms with E-state index in [2.05, 4.69) is 20.2 Å². The van der Waals surface area contributed by atoms with Gasteiger partial charge < -0.3 is 0 Å². The molecule has 7 nitrogen and oxygen atoms in total. The lowest BCUT2D eigenvalue weighted by Gasteiger charge is -2.23. The SMILES string of the molecule is O=C(n1cncn1)n1nc(C(Cl)(Cl)C(Cl)(Cl)Cl)nc1-c1ccccc1. The molecule has 0 amide bonds. The van der Waals surface area contributed by atoms with Crippen LogP contribution in [0.3, 0.4) is 0 Å². The number of rotatable bonds is 2. The molecular weight excluding hydrogens is 433 g/mol. The van der Waals surface area contributed by atoms with Crippen molar-refractivity contribution in [3.05, 3.63) is 48.8 Å². The van der Waals surface area contributed by atoms with Crippen molar-refractivity contribution >= 4 is 64.0 Å². The van der Waals surface area contributed by atoms with Crippen LogP contribution in [0.25, 0.3) is 11.4 Å². The minimum absolute atomic E-state index is 0.149. The highest BCUT2D eigenvalue weighted by atomic mass is 35.6. The van der Waals surface area contributed by atoms with Gasteiger partial charge in [-0.25, -0.2) is 14.8 Å². The molecular formula is C13H7Cl5N6O. The van der Waals surface area contributed by atoms with E-state index in [9.17, 15) is 4.79 Å². The van der Waals surface area contributed by atoms with Crippen molar-refractivity contribution in [3.8, 4) is 11.4 Å². The Morgan fingerprint density at radius 1 is 1.04 bits per heavy atom. The Labute approximate surface area is 166 Å². The smallest absolute Gasteiger partial charge is 0.243 e. The summed E-state index contributed by atoms with van der Waals surface area (Å²) in [5.74, 6) is -0.0980. The van der Waals surface area contributed by atoms with E-state index < -0.39 is 14.2 Å². The van der Waals surface area contributed by atoms with Crippen molar-refractivity contribution in [2.24, 2.45) is 0 Å². The lowest BCUT2D eigenvalue weighted by molar-refractivity contribution is 0.238. The minimum atomic E-state index is -2.13. The van der Waals surface area contributed by atoms with Gasteiger partial charge in [-0.1, -0.05) is 88.3 Å². The van der Waals surface area contributed by atoms with Crippen LogP contribution >= 0.6 is 58.0 Å². The summed E-state index contributed by atoms with van der Waals surface area (Å²) < 4.78 is -2.30. The second-order valence-electron chi connectivity index (χ2n) is 4.73. The highest BCUT2D eigenvalue weighted by Gasteiger charge is 2.51. The second kappa shape index (κ2) is 6.74. The van der Waals surface area contributed by atoms with Crippen LogP contribution in [0.4, 0.5) is 4.79 Å². The Balaban J connectivity index is 2.18. The van der Waals surface area contributed by atoms with Crippen molar-refractivity contribution in [1.29, 1.82) is 0 Å². The van der Waals surface area contributed by atoms with E-state index in [4.69, 9.17) is 58.0 Å². The molecule has 0 atom stereocenters. The predicted molar refractivity (Wildman–Crippen MR) is 95.3 cm³/mol. The van der Waals surface area contributed by atoms with Crippen LogP contribution in [0.15, 0.2) is 43.0 Å². The van der Waals surface area contributed by atoms with Crippen molar-refractivity contribution in [3.63, 3.8) is 0 Å². The summed E-state index contributed by atoms with van der Waals surface area (Å²) in [5.41, 5.74) is 0.572. The van der Waals surface area contributed by atoms with Gasteiger partial charge in [0, 0.05) is 5.56 Å². The Morgan fingerprint density at radius 3 is 2.28 bits per heavy atom. The first-order valence-electron chi connectivity index (χ1n) is 6.58. The van der Waals surface area contributed by atoms with Gasteiger partial charge in [-0.05, 0) is 0 Å². The molecule has 3 aromatic rings.